The summed E-state index contributed by atoms with van der Waals surface area (Å²) in [6.07, 6.45) is 4.62. The first-order valence-electron chi connectivity index (χ1n) is 6.74. The van der Waals surface area contributed by atoms with Gasteiger partial charge < -0.3 is 9.52 Å². The maximum absolute atomic E-state index is 11.3. The van der Waals surface area contributed by atoms with Crippen LogP contribution in [0, 0.1) is 10.1 Å². The van der Waals surface area contributed by atoms with E-state index in [1.54, 1.807) is 36.9 Å². The van der Waals surface area contributed by atoms with Crippen LogP contribution in [-0.4, -0.2) is 25.4 Å². The van der Waals surface area contributed by atoms with Crippen LogP contribution in [-0.2, 0) is 6.54 Å². The van der Waals surface area contributed by atoms with Crippen LogP contribution < -0.4 is 0 Å². The Kier molecular flexibility index (Phi) is 3.22. The summed E-state index contributed by atoms with van der Waals surface area (Å²) in [6, 6.07) is 4.83. The SMILES string of the molecule is CC(C)(O)Cn1cc2cc([N+](=O)[O-])c(-c3ccoc3)cc2n1. The molecule has 7 nitrogen and oxygen atoms in total. The number of furan rings is 1. The van der Waals surface area contributed by atoms with E-state index in [-0.39, 0.29) is 5.69 Å². The molecule has 0 atom stereocenters. The minimum Gasteiger partial charge on any atom is -0.472 e. The molecule has 7 heteroatoms. The van der Waals surface area contributed by atoms with Gasteiger partial charge in [0.2, 0.25) is 0 Å². The molecule has 1 aromatic carbocycles. The number of hydrogen-bond donors (Lipinski definition) is 1. The van der Waals surface area contributed by atoms with E-state index in [9.17, 15) is 15.2 Å². The first-order chi connectivity index (χ1) is 10.3. The first-order valence-corrected chi connectivity index (χ1v) is 6.74. The number of rotatable bonds is 4. The van der Waals surface area contributed by atoms with E-state index < -0.39 is 10.5 Å². The monoisotopic (exact) mass is 301 g/mol. The quantitative estimate of drug-likeness (QED) is 0.590. The Morgan fingerprint density at radius 2 is 2.23 bits per heavy atom. The molecular weight excluding hydrogens is 286 g/mol. The summed E-state index contributed by atoms with van der Waals surface area (Å²) in [4.78, 5) is 10.9. The Labute approximate surface area is 125 Å². The second-order valence-electron chi connectivity index (χ2n) is 5.84. The van der Waals surface area contributed by atoms with Crippen molar-refractivity contribution in [3.05, 3.63) is 47.0 Å². The fourth-order valence-electron chi connectivity index (χ4n) is 2.39. The third-order valence-corrected chi connectivity index (χ3v) is 3.25. The zero-order chi connectivity index (χ0) is 15.9. The van der Waals surface area contributed by atoms with Crippen LogP contribution in [0.15, 0.2) is 41.3 Å². The molecule has 0 saturated heterocycles. The summed E-state index contributed by atoms with van der Waals surface area (Å²) in [6.45, 7) is 3.66. The molecule has 22 heavy (non-hydrogen) atoms. The molecule has 3 aromatic rings. The molecule has 0 unspecified atom stereocenters. The van der Waals surface area contributed by atoms with Crippen LogP contribution in [0.25, 0.3) is 22.0 Å². The molecular formula is C15H15N3O4. The van der Waals surface area contributed by atoms with E-state index in [1.807, 2.05) is 0 Å². The fraction of sp³-hybridized carbons (Fsp3) is 0.267. The third-order valence-electron chi connectivity index (χ3n) is 3.25. The normalized spacial score (nSPS) is 12.0. The number of nitro benzene ring substituents is 1. The summed E-state index contributed by atoms with van der Waals surface area (Å²) >= 11 is 0. The van der Waals surface area contributed by atoms with Gasteiger partial charge in [-0.2, -0.15) is 5.10 Å². The number of hydrogen-bond acceptors (Lipinski definition) is 5. The van der Waals surface area contributed by atoms with Crippen molar-refractivity contribution < 1.29 is 14.4 Å². The molecule has 1 N–H and O–H groups in total. The zero-order valence-electron chi connectivity index (χ0n) is 12.2. The molecule has 0 spiro atoms. The molecule has 0 aliphatic rings. The van der Waals surface area contributed by atoms with Crippen molar-refractivity contribution in [1.82, 2.24) is 9.78 Å². The fourth-order valence-corrected chi connectivity index (χ4v) is 2.39. The highest BCUT2D eigenvalue weighted by molar-refractivity contribution is 5.89. The van der Waals surface area contributed by atoms with Gasteiger partial charge in [0.1, 0.15) is 0 Å². The predicted octanol–water partition coefficient (Wildman–Crippen LogP) is 2.98. The van der Waals surface area contributed by atoms with Crippen molar-refractivity contribution in [1.29, 1.82) is 0 Å². The lowest BCUT2D eigenvalue weighted by Gasteiger charge is -2.16. The van der Waals surface area contributed by atoms with E-state index in [2.05, 4.69) is 5.10 Å². The van der Waals surface area contributed by atoms with Gasteiger partial charge in [-0.25, -0.2) is 0 Å². The minimum atomic E-state index is -0.915. The van der Waals surface area contributed by atoms with Crippen LogP contribution in [0.5, 0.6) is 0 Å². The Morgan fingerprint density at radius 1 is 1.45 bits per heavy atom. The average molecular weight is 301 g/mol. The molecule has 2 heterocycles. The number of benzene rings is 1. The number of fused-ring (bicyclic) bond motifs is 1. The van der Waals surface area contributed by atoms with Crippen LogP contribution >= 0.6 is 0 Å². The van der Waals surface area contributed by atoms with Crippen LogP contribution in [0.3, 0.4) is 0 Å². The second-order valence-corrected chi connectivity index (χ2v) is 5.84. The maximum atomic E-state index is 11.3. The van der Waals surface area contributed by atoms with Crippen molar-refractivity contribution >= 4 is 16.6 Å². The summed E-state index contributed by atoms with van der Waals surface area (Å²) in [7, 11) is 0. The Morgan fingerprint density at radius 3 is 2.82 bits per heavy atom. The van der Waals surface area contributed by atoms with Crippen LogP contribution in [0.1, 0.15) is 13.8 Å². The Balaban J connectivity index is 2.15. The number of aromatic nitrogens is 2. The summed E-state index contributed by atoms with van der Waals surface area (Å²) in [5.41, 5.74) is 0.801. The summed E-state index contributed by atoms with van der Waals surface area (Å²) in [5.74, 6) is 0. The smallest absolute Gasteiger partial charge is 0.278 e. The second kappa shape index (κ2) is 4.96. The highest BCUT2D eigenvalue weighted by Crippen LogP contribution is 2.33. The highest BCUT2D eigenvalue weighted by Gasteiger charge is 2.20. The lowest BCUT2D eigenvalue weighted by molar-refractivity contribution is -0.384. The lowest BCUT2D eigenvalue weighted by Crippen LogP contribution is -2.26. The largest absolute Gasteiger partial charge is 0.472 e. The van der Waals surface area contributed by atoms with Gasteiger partial charge in [-0.15, -0.1) is 0 Å². The maximum Gasteiger partial charge on any atom is 0.278 e. The van der Waals surface area contributed by atoms with Crippen molar-refractivity contribution in [2.75, 3.05) is 0 Å². The van der Waals surface area contributed by atoms with E-state index >= 15 is 0 Å². The van der Waals surface area contributed by atoms with E-state index in [1.165, 1.54) is 18.6 Å². The van der Waals surface area contributed by atoms with Crippen LogP contribution in [0.4, 0.5) is 5.69 Å². The van der Waals surface area contributed by atoms with Gasteiger partial charge >= 0.3 is 0 Å². The molecule has 2 aromatic heterocycles. The van der Waals surface area contributed by atoms with Gasteiger partial charge in [0.15, 0.2) is 0 Å². The molecule has 0 fully saturated rings. The van der Waals surface area contributed by atoms with E-state index in [0.29, 0.717) is 28.6 Å². The Hall–Kier alpha value is -2.67. The molecule has 0 aliphatic heterocycles. The predicted molar refractivity (Wildman–Crippen MR) is 80.4 cm³/mol. The highest BCUT2D eigenvalue weighted by atomic mass is 16.6. The van der Waals surface area contributed by atoms with Gasteiger partial charge in [-0.3, -0.25) is 14.8 Å². The van der Waals surface area contributed by atoms with Gasteiger partial charge in [0, 0.05) is 23.2 Å². The van der Waals surface area contributed by atoms with Crippen molar-refractivity contribution in [3.63, 3.8) is 0 Å². The van der Waals surface area contributed by atoms with Gasteiger partial charge in [0.25, 0.3) is 5.69 Å². The summed E-state index contributed by atoms with van der Waals surface area (Å²) < 4.78 is 6.60. The third kappa shape index (κ3) is 2.71. The zero-order valence-corrected chi connectivity index (χ0v) is 12.2. The molecule has 0 bridgehead atoms. The van der Waals surface area contributed by atoms with Crippen LogP contribution in [0.2, 0.25) is 0 Å². The van der Waals surface area contributed by atoms with Gasteiger partial charge in [-0.1, -0.05) is 0 Å². The first kappa shape index (κ1) is 14.3. The number of aliphatic hydroxyl groups is 1. The van der Waals surface area contributed by atoms with E-state index in [4.69, 9.17) is 4.42 Å². The molecule has 0 radical (unpaired) electrons. The number of nitrogens with zero attached hydrogens (tertiary/aromatic N) is 3. The van der Waals surface area contributed by atoms with Gasteiger partial charge in [0.05, 0.1) is 40.7 Å². The minimum absolute atomic E-state index is 0.00305. The van der Waals surface area contributed by atoms with Gasteiger partial charge in [-0.05, 0) is 26.0 Å². The lowest BCUT2D eigenvalue weighted by atomic mass is 10.1. The molecule has 3 rings (SSSR count). The summed E-state index contributed by atoms with van der Waals surface area (Å²) in [5, 5.41) is 26.2. The molecule has 114 valence electrons. The van der Waals surface area contributed by atoms with Crippen molar-refractivity contribution in [2.24, 2.45) is 0 Å². The van der Waals surface area contributed by atoms with E-state index in [0.717, 1.165) is 0 Å². The molecule has 0 saturated carbocycles. The number of nitro groups is 1. The average Bonchev–Trinajstić information content (AvgIpc) is 3.02. The molecule has 0 amide bonds. The molecule has 0 aliphatic carbocycles. The standard InChI is InChI=1S/C15H15N3O4/c1-15(2,19)9-17-7-11-5-14(18(20)21)12(6-13(11)16-17)10-3-4-22-8-10/h3-8,19H,9H2,1-2H3. The topological polar surface area (TPSA) is 94.3 Å². The van der Waals surface area contributed by atoms with Crippen molar-refractivity contribution in [2.45, 2.75) is 26.0 Å². The Bertz CT molecular complexity index is 828. The van der Waals surface area contributed by atoms with Crippen molar-refractivity contribution in [3.8, 4) is 11.1 Å².